The molecule has 6 heteroatoms. The fraction of sp³-hybridized carbons (Fsp3) is 0.545. The zero-order chi connectivity index (χ0) is 27.4. The number of hydrogen-bond acceptors (Lipinski definition) is 4. The standard InChI is InChI=1S/C33H42FN3O2/c1-21-4-13-29-28(18-35)30(14-15-32(21,29)2)33(3)17-22-19-37(36-31(22)16-23(33)20-38)25-7-11-27(12-8-25)39-26-9-5-24(34)6-10-26/h5-12,19,21,23,28-30,38H,4,13-18,20,35H2,1-3H3/t21-,23+,28-,29-,30-,32+,33-/m0/s1. The van der Waals surface area contributed by atoms with Gasteiger partial charge in [-0.3, -0.25) is 0 Å². The van der Waals surface area contributed by atoms with Gasteiger partial charge in [-0.2, -0.15) is 5.10 Å². The fourth-order valence-electron chi connectivity index (χ4n) is 8.63. The van der Waals surface area contributed by atoms with Gasteiger partial charge in [0.2, 0.25) is 0 Å². The van der Waals surface area contributed by atoms with Crippen LogP contribution < -0.4 is 10.5 Å². The number of nitrogens with two attached hydrogens (primary N) is 1. The molecule has 5 nitrogen and oxygen atoms in total. The molecule has 1 heterocycles. The van der Waals surface area contributed by atoms with Crippen LogP contribution in [-0.4, -0.2) is 28.0 Å². The Morgan fingerprint density at radius 2 is 1.67 bits per heavy atom. The average molecular weight is 532 g/mol. The van der Waals surface area contributed by atoms with Crippen LogP contribution in [0.3, 0.4) is 0 Å². The maximum absolute atomic E-state index is 13.2. The molecular formula is C33H42FN3O2. The summed E-state index contributed by atoms with van der Waals surface area (Å²) in [6, 6.07) is 13.8. The Kier molecular flexibility index (Phi) is 6.83. The van der Waals surface area contributed by atoms with Gasteiger partial charge < -0.3 is 15.6 Å². The van der Waals surface area contributed by atoms with Crippen molar-refractivity contribution in [2.45, 2.75) is 59.3 Å². The van der Waals surface area contributed by atoms with E-state index in [1.165, 1.54) is 43.4 Å². The van der Waals surface area contributed by atoms with Crippen molar-refractivity contribution in [1.29, 1.82) is 0 Å². The van der Waals surface area contributed by atoms with E-state index in [9.17, 15) is 9.50 Å². The quantitative estimate of drug-likeness (QED) is 0.378. The van der Waals surface area contributed by atoms with Crippen LogP contribution in [0.15, 0.2) is 54.7 Å². The molecule has 1 aromatic heterocycles. The van der Waals surface area contributed by atoms with Gasteiger partial charge in [0.05, 0.1) is 11.4 Å². The number of nitrogens with zero attached hydrogens (tertiary/aromatic N) is 2. The van der Waals surface area contributed by atoms with Crippen LogP contribution in [0.2, 0.25) is 0 Å². The minimum Gasteiger partial charge on any atom is -0.457 e. The van der Waals surface area contributed by atoms with Gasteiger partial charge in [-0.25, -0.2) is 9.07 Å². The van der Waals surface area contributed by atoms with Crippen molar-refractivity contribution in [3.8, 4) is 17.2 Å². The molecule has 0 spiro atoms. The highest BCUT2D eigenvalue weighted by atomic mass is 19.1. The molecule has 6 rings (SSSR count). The third-order valence-electron chi connectivity index (χ3n) is 11.2. The summed E-state index contributed by atoms with van der Waals surface area (Å²) in [5, 5.41) is 15.6. The van der Waals surface area contributed by atoms with Crippen LogP contribution >= 0.6 is 0 Å². The molecule has 3 N–H and O–H groups in total. The van der Waals surface area contributed by atoms with Gasteiger partial charge in [-0.15, -0.1) is 0 Å². The first kappa shape index (κ1) is 26.5. The number of aliphatic hydroxyl groups is 1. The average Bonchev–Trinajstić information content (AvgIpc) is 3.48. The predicted octanol–water partition coefficient (Wildman–Crippen LogP) is 6.55. The second-order valence-corrected chi connectivity index (χ2v) is 13.0. The Morgan fingerprint density at radius 1 is 1.00 bits per heavy atom. The minimum atomic E-state index is -0.284. The first-order valence-corrected chi connectivity index (χ1v) is 14.7. The van der Waals surface area contributed by atoms with Gasteiger partial charge in [0.1, 0.15) is 17.3 Å². The van der Waals surface area contributed by atoms with Crippen LogP contribution in [-0.2, 0) is 12.8 Å². The summed E-state index contributed by atoms with van der Waals surface area (Å²) in [6.07, 6.45) is 8.98. The molecular weight excluding hydrogens is 489 g/mol. The van der Waals surface area contributed by atoms with E-state index < -0.39 is 0 Å². The maximum Gasteiger partial charge on any atom is 0.127 e. The molecule has 3 aliphatic rings. The van der Waals surface area contributed by atoms with Crippen LogP contribution in [0, 0.1) is 46.2 Å². The summed E-state index contributed by atoms with van der Waals surface area (Å²) in [5.41, 5.74) is 10.3. The lowest BCUT2D eigenvalue weighted by molar-refractivity contribution is -0.0689. The Balaban J connectivity index is 1.24. The smallest absolute Gasteiger partial charge is 0.127 e. The monoisotopic (exact) mass is 531 g/mol. The summed E-state index contributed by atoms with van der Waals surface area (Å²) in [5.74, 6) is 3.67. The molecule has 2 aromatic carbocycles. The number of aliphatic hydroxyl groups excluding tert-OH is 1. The Labute approximate surface area is 231 Å². The Bertz CT molecular complexity index is 1310. The number of halogens is 1. The van der Waals surface area contributed by atoms with E-state index in [2.05, 4.69) is 27.0 Å². The number of ether oxygens (including phenoxy) is 1. The third-order valence-corrected chi connectivity index (χ3v) is 11.2. The first-order valence-electron chi connectivity index (χ1n) is 14.7. The molecule has 208 valence electrons. The normalized spacial score (nSPS) is 33.9. The largest absolute Gasteiger partial charge is 0.457 e. The van der Waals surface area contributed by atoms with Crippen LogP contribution in [0.1, 0.15) is 57.7 Å². The van der Waals surface area contributed by atoms with Crippen LogP contribution in [0.4, 0.5) is 4.39 Å². The molecule has 0 bridgehead atoms. The number of rotatable bonds is 6. The number of hydrogen-bond donors (Lipinski definition) is 2. The number of aromatic nitrogens is 2. The van der Waals surface area contributed by atoms with E-state index >= 15 is 0 Å². The minimum absolute atomic E-state index is 0.000334. The molecule has 2 fully saturated rings. The van der Waals surface area contributed by atoms with Gasteiger partial charge in [0, 0.05) is 12.8 Å². The van der Waals surface area contributed by atoms with Crippen molar-refractivity contribution in [3.05, 3.63) is 71.8 Å². The van der Waals surface area contributed by atoms with Crippen molar-refractivity contribution in [2.24, 2.45) is 46.2 Å². The first-order chi connectivity index (χ1) is 18.7. The second-order valence-electron chi connectivity index (χ2n) is 13.0. The number of benzene rings is 2. The molecule has 3 aliphatic carbocycles. The predicted molar refractivity (Wildman–Crippen MR) is 151 cm³/mol. The van der Waals surface area contributed by atoms with Gasteiger partial charge in [-0.1, -0.05) is 20.8 Å². The second kappa shape index (κ2) is 10.0. The van der Waals surface area contributed by atoms with Crippen molar-refractivity contribution < 1.29 is 14.2 Å². The zero-order valence-corrected chi connectivity index (χ0v) is 23.4. The van der Waals surface area contributed by atoms with E-state index in [4.69, 9.17) is 15.6 Å². The van der Waals surface area contributed by atoms with E-state index in [1.807, 2.05) is 28.9 Å². The Hall–Kier alpha value is -2.70. The van der Waals surface area contributed by atoms with Crippen molar-refractivity contribution in [1.82, 2.24) is 9.78 Å². The van der Waals surface area contributed by atoms with E-state index in [-0.39, 0.29) is 23.8 Å². The summed E-state index contributed by atoms with van der Waals surface area (Å²) in [4.78, 5) is 0. The van der Waals surface area contributed by atoms with Gasteiger partial charge in [0.15, 0.2) is 0 Å². The van der Waals surface area contributed by atoms with Gasteiger partial charge in [-0.05, 0) is 140 Å². The lowest BCUT2D eigenvalue weighted by atomic mass is 9.49. The molecule has 7 atom stereocenters. The molecule has 0 saturated heterocycles. The van der Waals surface area contributed by atoms with E-state index in [0.29, 0.717) is 34.7 Å². The molecule has 0 aliphatic heterocycles. The van der Waals surface area contributed by atoms with Crippen LogP contribution in [0.25, 0.3) is 5.69 Å². The molecule has 3 aromatic rings. The SMILES string of the molecule is C[C@H]1CC[C@H]2[C@H](CN)[C@@H]([C@@]3(C)Cc4cn(-c5ccc(Oc6ccc(F)cc6)cc5)nc4C[C@@H]3CO)CC[C@]12C. The molecule has 2 saturated carbocycles. The van der Waals surface area contributed by atoms with Crippen molar-refractivity contribution in [3.63, 3.8) is 0 Å². The third kappa shape index (κ3) is 4.50. The topological polar surface area (TPSA) is 73.3 Å². The van der Waals surface area contributed by atoms with Gasteiger partial charge >= 0.3 is 0 Å². The zero-order valence-electron chi connectivity index (χ0n) is 23.4. The summed E-state index contributed by atoms with van der Waals surface area (Å²) in [7, 11) is 0. The summed E-state index contributed by atoms with van der Waals surface area (Å²) in [6.45, 7) is 8.30. The van der Waals surface area contributed by atoms with E-state index in [0.717, 1.165) is 36.7 Å². The van der Waals surface area contributed by atoms with Crippen LogP contribution in [0.5, 0.6) is 11.5 Å². The highest BCUT2D eigenvalue weighted by Crippen LogP contribution is 2.63. The maximum atomic E-state index is 13.2. The molecule has 0 amide bonds. The summed E-state index contributed by atoms with van der Waals surface area (Å²) >= 11 is 0. The highest BCUT2D eigenvalue weighted by Gasteiger charge is 2.57. The van der Waals surface area contributed by atoms with E-state index in [1.54, 1.807) is 12.1 Å². The van der Waals surface area contributed by atoms with Gasteiger partial charge in [0.25, 0.3) is 0 Å². The molecule has 0 unspecified atom stereocenters. The lowest BCUT2D eigenvalue weighted by Crippen LogP contribution is -2.53. The Morgan fingerprint density at radius 3 is 2.33 bits per heavy atom. The van der Waals surface area contributed by atoms with Crippen molar-refractivity contribution >= 4 is 0 Å². The van der Waals surface area contributed by atoms with Crippen molar-refractivity contribution in [2.75, 3.05) is 13.2 Å². The fourth-order valence-corrected chi connectivity index (χ4v) is 8.63. The number of fused-ring (bicyclic) bond motifs is 2. The molecule has 0 radical (unpaired) electrons. The molecule has 39 heavy (non-hydrogen) atoms. The highest BCUT2D eigenvalue weighted by molar-refractivity contribution is 5.40. The summed E-state index contributed by atoms with van der Waals surface area (Å²) < 4.78 is 21.0. The lowest BCUT2D eigenvalue weighted by Gasteiger charge is -2.56.